The van der Waals surface area contributed by atoms with Crippen LogP contribution in [0.15, 0.2) is 18.2 Å². The first-order valence-electron chi connectivity index (χ1n) is 6.33. The number of carbonyl (C=O) groups is 1. The SMILES string of the molecule is CC(C)NC(=O)C(C)Oc1ccc(C(C)N)c(F)c1. The summed E-state index contributed by atoms with van der Waals surface area (Å²) in [5.74, 6) is -0.344. The molecule has 0 aliphatic rings. The summed E-state index contributed by atoms with van der Waals surface area (Å²) >= 11 is 0. The summed E-state index contributed by atoms with van der Waals surface area (Å²) in [7, 11) is 0. The van der Waals surface area contributed by atoms with E-state index in [2.05, 4.69) is 5.32 Å². The van der Waals surface area contributed by atoms with E-state index in [0.717, 1.165) is 0 Å². The maximum atomic E-state index is 13.7. The fourth-order valence-electron chi connectivity index (χ4n) is 1.61. The van der Waals surface area contributed by atoms with Crippen molar-refractivity contribution in [1.82, 2.24) is 5.32 Å². The number of ether oxygens (including phenoxy) is 1. The molecule has 4 nitrogen and oxygen atoms in total. The number of nitrogens with two attached hydrogens (primary N) is 1. The molecule has 0 aliphatic carbocycles. The molecule has 0 bridgehead atoms. The smallest absolute Gasteiger partial charge is 0.260 e. The predicted molar refractivity (Wildman–Crippen MR) is 72.4 cm³/mol. The van der Waals surface area contributed by atoms with Crippen molar-refractivity contribution < 1.29 is 13.9 Å². The van der Waals surface area contributed by atoms with Crippen LogP contribution in [0.3, 0.4) is 0 Å². The minimum Gasteiger partial charge on any atom is -0.481 e. The Morgan fingerprint density at radius 3 is 2.42 bits per heavy atom. The average molecular weight is 268 g/mol. The lowest BCUT2D eigenvalue weighted by molar-refractivity contribution is -0.127. The van der Waals surface area contributed by atoms with Crippen LogP contribution < -0.4 is 15.8 Å². The standard InChI is InChI=1S/C14H21FN2O2/c1-8(2)17-14(18)10(4)19-11-5-6-12(9(3)16)13(15)7-11/h5-10H,16H2,1-4H3,(H,17,18). The lowest BCUT2D eigenvalue weighted by atomic mass is 10.1. The van der Waals surface area contributed by atoms with Gasteiger partial charge in [0.2, 0.25) is 0 Å². The van der Waals surface area contributed by atoms with Crippen LogP contribution in [0.1, 0.15) is 39.3 Å². The van der Waals surface area contributed by atoms with Gasteiger partial charge in [0, 0.05) is 23.7 Å². The quantitative estimate of drug-likeness (QED) is 0.860. The van der Waals surface area contributed by atoms with E-state index in [1.807, 2.05) is 13.8 Å². The third-order valence-corrected chi connectivity index (χ3v) is 2.58. The highest BCUT2D eigenvalue weighted by atomic mass is 19.1. The maximum Gasteiger partial charge on any atom is 0.260 e. The zero-order valence-electron chi connectivity index (χ0n) is 11.7. The second-order valence-electron chi connectivity index (χ2n) is 4.90. The summed E-state index contributed by atoms with van der Waals surface area (Å²) in [6.07, 6.45) is -0.678. The summed E-state index contributed by atoms with van der Waals surface area (Å²) in [5.41, 5.74) is 6.05. The summed E-state index contributed by atoms with van der Waals surface area (Å²) in [6.45, 7) is 7.05. The van der Waals surface area contributed by atoms with E-state index < -0.39 is 11.9 Å². The monoisotopic (exact) mass is 268 g/mol. The highest BCUT2D eigenvalue weighted by molar-refractivity contribution is 5.80. The van der Waals surface area contributed by atoms with E-state index in [0.29, 0.717) is 11.3 Å². The van der Waals surface area contributed by atoms with E-state index in [1.54, 1.807) is 26.0 Å². The largest absolute Gasteiger partial charge is 0.481 e. The number of rotatable bonds is 5. The summed E-state index contributed by atoms with van der Waals surface area (Å²) in [5, 5.41) is 2.73. The number of hydrogen-bond acceptors (Lipinski definition) is 3. The Kier molecular flexibility index (Phi) is 5.30. The van der Waals surface area contributed by atoms with Gasteiger partial charge in [-0.15, -0.1) is 0 Å². The summed E-state index contributed by atoms with van der Waals surface area (Å²) in [4.78, 5) is 11.7. The maximum absolute atomic E-state index is 13.7. The molecule has 0 saturated heterocycles. The van der Waals surface area contributed by atoms with Gasteiger partial charge >= 0.3 is 0 Å². The molecule has 1 aromatic rings. The molecule has 0 aromatic heterocycles. The van der Waals surface area contributed by atoms with Crippen molar-refractivity contribution in [3.63, 3.8) is 0 Å². The number of hydrogen-bond donors (Lipinski definition) is 2. The molecule has 5 heteroatoms. The van der Waals surface area contributed by atoms with Gasteiger partial charge in [-0.2, -0.15) is 0 Å². The Morgan fingerprint density at radius 2 is 1.95 bits per heavy atom. The number of carbonyl (C=O) groups excluding carboxylic acids is 1. The second kappa shape index (κ2) is 6.52. The summed E-state index contributed by atoms with van der Waals surface area (Å²) in [6, 6.07) is 4.09. The molecule has 1 amide bonds. The molecule has 106 valence electrons. The fourth-order valence-corrected chi connectivity index (χ4v) is 1.61. The van der Waals surface area contributed by atoms with Gasteiger partial charge in [0.05, 0.1) is 0 Å². The Morgan fingerprint density at radius 1 is 1.32 bits per heavy atom. The lowest BCUT2D eigenvalue weighted by Gasteiger charge is -2.17. The fraction of sp³-hybridized carbons (Fsp3) is 0.500. The van der Waals surface area contributed by atoms with Gasteiger partial charge in [-0.05, 0) is 33.8 Å². The number of benzene rings is 1. The van der Waals surface area contributed by atoms with Crippen LogP contribution in [-0.4, -0.2) is 18.1 Å². The molecule has 2 atom stereocenters. The van der Waals surface area contributed by atoms with Gasteiger partial charge in [-0.25, -0.2) is 4.39 Å². The zero-order chi connectivity index (χ0) is 14.6. The number of amides is 1. The van der Waals surface area contributed by atoms with Crippen LogP contribution in [0, 0.1) is 5.82 Å². The van der Waals surface area contributed by atoms with Gasteiger partial charge in [-0.1, -0.05) is 6.07 Å². The molecule has 1 rings (SSSR count). The lowest BCUT2D eigenvalue weighted by Crippen LogP contribution is -2.40. The van der Waals surface area contributed by atoms with Crippen LogP contribution in [-0.2, 0) is 4.79 Å². The van der Waals surface area contributed by atoms with Crippen LogP contribution in [0.25, 0.3) is 0 Å². The molecule has 19 heavy (non-hydrogen) atoms. The Balaban J connectivity index is 2.72. The van der Waals surface area contributed by atoms with Crippen molar-refractivity contribution in [2.45, 2.75) is 45.9 Å². The van der Waals surface area contributed by atoms with E-state index in [9.17, 15) is 9.18 Å². The van der Waals surface area contributed by atoms with Crippen molar-refractivity contribution >= 4 is 5.91 Å². The van der Waals surface area contributed by atoms with Gasteiger partial charge < -0.3 is 15.8 Å². The molecule has 2 unspecified atom stereocenters. The number of nitrogens with one attached hydrogen (secondary N) is 1. The van der Waals surface area contributed by atoms with Crippen molar-refractivity contribution in [1.29, 1.82) is 0 Å². The van der Waals surface area contributed by atoms with Crippen LogP contribution in [0.5, 0.6) is 5.75 Å². The second-order valence-corrected chi connectivity index (χ2v) is 4.90. The van der Waals surface area contributed by atoms with E-state index >= 15 is 0 Å². The van der Waals surface area contributed by atoms with Gasteiger partial charge in [0.1, 0.15) is 11.6 Å². The van der Waals surface area contributed by atoms with E-state index in [4.69, 9.17) is 10.5 Å². The summed E-state index contributed by atoms with van der Waals surface area (Å²) < 4.78 is 19.1. The third kappa shape index (κ3) is 4.52. The van der Waals surface area contributed by atoms with Gasteiger partial charge in [-0.3, -0.25) is 4.79 Å². The molecular weight excluding hydrogens is 247 g/mol. The minimum absolute atomic E-state index is 0.0377. The molecule has 0 radical (unpaired) electrons. The van der Waals surface area contributed by atoms with Crippen molar-refractivity contribution in [2.75, 3.05) is 0 Å². The molecular formula is C14H21FN2O2. The third-order valence-electron chi connectivity index (χ3n) is 2.58. The number of halogens is 1. The topological polar surface area (TPSA) is 64.3 Å². The first-order chi connectivity index (χ1) is 8.81. The Hall–Kier alpha value is -1.62. The molecule has 0 aliphatic heterocycles. The van der Waals surface area contributed by atoms with Gasteiger partial charge in [0.25, 0.3) is 5.91 Å². The molecule has 1 aromatic carbocycles. The molecule has 0 spiro atoms. The van der Waals surface area contributed by atoms with E-state index in [1.165, 1.54) is 6.07 Å². The van der Waals surface area contributed by atoms with Crippen LogP contribution in [0.2, 0.25) is 0 Å². The molecule has 0 fully saturated rings. The van der Waals surface area contributed by atoms with Crippen molar-refractivity contribution in [3.05, 3.63) is 29.6 Å². The highest BCUT2D eigenvalue weighted by Crippen LogP contribution is 2.21. The normalized spacial score (nSPS) is 14.1. The highest BCUT2D eigenvalue weighted by Gasteiger charge is 2.16. The Labute approximate surface area is 113 Å². The minimum atomic E-state index is -0.678. The van der Waals surface area contributed by atoms with Crippen molar-refractivity contribution in [3.8, 4) is 5.75 Å². The predicted octanol–water partition coefficient (Wildman–Crippen LogP) is 2.14. The molecule has 0 saturated carbocycles. The Bertz CT molecular complexity index is 447. The molecule has 0 heterocycles. The zero-order valence-corrected chi connectivity index (χ0v) is 11.7. The first-order valence-corrected chi connectivity index (χ1v) is 6.33. The van der Waals surface area contributed by atoms with Crippen molar-refractivity contribution in [2.24, 2.45) is 5.73 Å². The average Bonchev–Trinajstić information content (AvgIpc) is 2.27. The molecule has 3 N–H and O–H groups in total. The van der Waals surface area contributed by atoms with Crippen LogP contribution in [0.4, 0.5) is 4.39 Å². The van der Waals surface area contributed by atoms with Gasteiger partial charge in [0.15, 0.2) is 6.10 Å². The van der Waals surface area contributed by atoms with E-state index in [-0.39, 0.29) is 18.0 Å². The first kappa shape index (κ1) is 15.4. The van der Waals surface area contributed by atoms with Crippen LogP contribution >= 0.6 is 0 Å².